The third-order valence-corrected chi connectivity index (χ3v) is 6.74. The molecule has 0 atom stereocenters. The molecule has 2 rings (SSSR count). The number of ether oxygens (including phenoxy) is 1. The van der Waals surface area contributed by atoms with E-state index in [0.717, 1.165) is 36.8 Å². The van der Waals surface area contributed by atoms with Gasteiger partial charge in [0.2, 0.25) is 6.08 Å². The zero-order valence-electron chi connectivity index (χ0n) is 25.2. The number of carbonyl (C=O) groups is 3. The summed E-state index contributed by atoms with van der Waals surface area (Å²) in [6, 6.07) is 13.6. The number of unbranched alkanes of at least 4 members (excludes halogenated alkanes) is 3. The van der Waals surface area contributed by atoms with Crippen LogP contribution < -0.4 is 5.32 Å². The second kappa shape index (κ2) is 16.1. The molecule has 0 heterocycles. The molecule has 3 N–H and O–H groups in total. The number of benzene rings is 2. The molecule has 42 heavy (non-hydrogen) atoms. The van der Waals surface area contributed by atoms with Crippen molar-refractivity contribution in [3.8, 4) is 0 Å². The lowest BCUT2D eigenvalue weighted by atomic mass is 9.91. The maximum Gasteiger partial charge on any atom is 0.407 e. The molecule has 0 aliphatic heterocycles. The summed E-state index contributed by atoms with van der Waals surface area (Å²) in [4.78, 5) is 52.8. The van der Waals surface area contributed by atoms with Crippen LogP contribution in [0.1, 0.15) is 91.3 Å². The van der Waals surface area contributed by atoms with Gasteiger partial charge >= 0.3 is 6.09 Å². The van der Waals surface area contributed by atoms with Gasteiger partial charge in [0.1, 0.15) is 17.8 Å². The molecule has 0 fully saturated rings. The molecule has 0 saturated heterocycles. The summed E-state index contributed by atoms with van der Waals surface area (Å²) in [7, 11) is 1.88. The van der Waals surface area contributed by atoms with Gasteiger partial charge in [-0.25, -0.2) is 14.6 Å². The summed E-state index contributed by atoms with van der Waals surface area (Å²) >= 11 is 0. The highest BCUT2D eigenvalue weighted by Gasteiger charge is 2.27. The van der Waals surface area contributed by atoms with Crippen LogP contribution in [0.5, 0.6) is 0 Å². The SMILES string of the molecule is CN(CCOC(=O)NCCCCCCN=C=O)C(c1ccc(C(=O)C(C)(C)O)cc1)c1ccc(C(=O)C(C)(C)O)cc1. The number of likely N-dealkylation sites (N-methyl/N-ethyl adjacent to an activating group) is 1. The fourth-order valence-corrected chi connectivity index (χ4v) is 4.41. The lowest BCUT2D eigenvalue weighted by molar-refractivity contribution is 0.0487. The van der Waals surface area contributed by atoms with Gasteiger partial charge in [0, 0.05) is 24.2 Å². The van der Waals surface area contributed by atoms with Gasteiger partial charge < -0.3 is 20.3 Å². The van der Waals surface area contributed by atoms with Gasteiger partial charge in [0.05, 0.1) is 12.6 Å². The van der Waals surface area contributed by atoms with E-state index in [1.165, 1.54) is 33.8 Å². The van der Waals surface area contributed by atoms with Crippen molar-refractivity contribution in [3.05, 3.63) is 70.8 Å². The van der Waals surface area contributed by atoms with Crippen molar-refractivity contribution in [1.82, 2.24) is 10.2 Å². The number of carbonyl (C=O) groups excluding carboxylic acids is 4. The van der Waals surface area contributed by atoms with Crippen molar-refractivity contribution in [2.45, 2.75) is 70.6 Å². The van der Waals surface area contributed by atoms with Gasteiger partial charge in [-0.1, -0.05) is 61.4 Å². The summed E-state index contributed by atoms with van der Waals surface area (Å²) in [5.74, 6) is -0.778. The highest BCUT2D eigenvalue weighted by molar-refractivity contribution is 6.02. The third kappa shape index (κ3) is 10.9. The monoisotopic (exact) mass is 581 g/mol. The van der Waals surface area contributed by atoms with Crippen molar-refractivity contribution in [1.29, 1.82) is 0 Å². The smallest absolute Gasteiger partial charge is 0.407 e. The lowest BCUT2D eigenvalue weighted by Crippen LogP contribution is -2.33. The van der Waals surface area contributed by atoms with E-state index in [9.17, 15) is 29.4 Å². The summed E-state index contributed by atoms with van der Waals surface area (Å²) in [6.07, 6.45) is 4.43. The Balaban J connectivity index is 2.09. The minimum absolute atomic E-state index is 0.132. The average molecular weight is 582 g/mol. The Morgan fingerprint density at radius 2 is 1.33 bits per heavy atom. The number of Topliss-reactive ketones (excluding diaryl/α,β-unsaturated/α-hetero) is 2. The van der Waals surface area contributed by atoms with E-state index in [4.69, 9.17) is 4.74 Å². The second-order valence-corrected chi connectivity index (χ2v) is 11.4. The fraction of sp³-hybridized carbons (Fsp3) is 0.500. The van der Waals surface area contributed by atoms with E-state index in [2.05, 4.69) is 10.3 Å². The highest BCUT2D eigenvalue weighted by Crippen LogP contribution is 2.29. The van der Waals surface area contributed by atoms with E-state index in [-0.39, 0.29) is 24.2 Å². The van der Waals surface area contributed by atoms with E-state index in [1.807, 2.05) is 36.2 Å². The number of isocyanates is 1. The summed E-state index contributed by atoms with van der Waals surface area (Å²) < 4.78 is 5.38. The van der Waals surface area contributed by atoms with E-state index in [0.29, 0.717) is 30.8 Å². The molecule has 228 valence electrons. The molecule has 2 aromatic rings. The number of rotatable bonds is 17. The van der Waals surface area contributed by atoms with Crippen LogP contribution in [0.2, 0.25) is 0 Å². The summed E-state index contributed by atoms with van der Waals surface area (Å²) in [6.45, 7) is 7.26. The van der Waals surface area contributed by atoms with Crippen molar-refractivity contribution >= 4 is 23.7 Å². The third-order valence-electron chi connectivity index (χ3n) is 6.74. The van der Waals surface area contributed by atoms with E-state index >= 15 is 0 Å². The van der Waals surface area contributed by atoms with Gasteiger partial charge in [0.15, 0.2) is 11.6 Å². The van der Waals surface area contributed by atoms with Crippen molar-refractivity contribution in [2.24, 2.45) is 4.99 Å². The van der Waals surface area contributed by atoms with Crippen molar-refractivity contribution in [2.75, 3.05) is 33.3 Å². The number of hydrogen-bond donors (Lipinski definition) is 3. The second-order valence-electron chi connectivity index (χ2n) is 11.4. The molecule has 0 aliphatic carbocycles. The van der Waals surface area contributed by atoms with Crippen LogP contribution in [-0.4, -0.2) is 83.3 Å². The first kappa shape index (κ1) is 34.5. The fourth-order valence-electron chi connectivity index (χ4n) is 4.41. The Labute approximate surface area is 247 Å². The largest absolute Gasteiger partial charge is 0.448 e. The van der Waals surface area contributed by atoms with Crippen molar-refractivity contribution < 1.29 is 34.1 Å². The topological polar surface area (TPSA) is 146 Å². The van der Waals surface area contributed by atoms with Crippen LogP contribution in [0.4, 0.5) is 4.79 Å². The van der Waals surface area contributed by atoms with Gasteiger partial charge in [0.25, 0.3) is 0 Å². The van der Waals surface area contributed by atoms with E-state index < -0.39 is 17.3 Å². The van der Waals surface area contributed by atoms with Crippen LogP contribution in [0.25, 0.3) is 0 Å². The lowest BCUT2D eigenvalue weighted by Gasteiger charge is -2.29. The van der Waals surface area contributed by atoms with Crippen LogP contribution >= 0.6 is 0 Å². The van der Waals surface area contributed by atoms with Crippen LogP contribution in [-0.2, 0) is 9.53 Å². The molecule has 0 saturated carbocycles. The first-order chi connectivity index (χ1) is 19.8. The van der Waals surface area contributed by atoms with Gasteiger partial charge in [-0.05, 0) is 58.7 Å². The maximum atomic E-state index is 12.5. The molecule has 0 aliphatic rings. The highest BCUT2D eigenvalue weighted by atomic mass is 16.5. The Morgan fingerprint density at radius 3 is 1.79 bits per heavy atom. The number of alkyl carbamates (subject to hydrolysis) is 1. The number of aliphatic imine (C=N–C) groups is 1. The molecule has 0 bridgehead atoms. The van der Waals surface area contributed by atoms with Crippen LogP contribution in [0, 0.1) is 0 Å². The number of amides is 1. The van der Waals surface area contributed by atoms with Gasteiger partial charge in [-0.2, -0.15) is 0 Å². The molecule has 0 spiro atoms. The molecule has 0 aromatic heterocycles. The standard InChI is InChI=1S/C32H43N3O7/c1-31(2,40)28(37)25-14-10-23(11-15-25)27(24-12-16-26(17-13-24)29(38)32(3,4)41)35(5)20-21-42-30(39)34-19-9-7-6-8-18-33-22-36/h10-17,27,40-41H,6-9,18-21H2,1-5H3,(H,34,39). The number of nitrogens with one attached hydrogen (secondary N) is 1. The van der Waals surface area contributed by atoms with Gasteiger partial charge in [-0.3, -0.25) is 14.5 Å². The predicted molar refractivity (Wildman–Crippen MR) is 159 cm³/mol. The average Bonchev–Trinajstić information content (AvgIpc) is 2.93. The molecule has 10 heteroatoms. The summed E-state index contributed by atoms with van der Waals surface area (Å²) in [5, 5.41) is 23.0. The molecule has 0 unspecified atom stereocenters. The van der Waals surface area contributed by atoms with Crippen LogP contribution in [0.15, 0.2) is 53.5 Å². The number of hydrogen-bond acceptors (Lipinski definition) is 9. The molecular formula is C32H43N3O7. The number of ketones is 2. The molecule has 10 nitrogen and oxygen atoms in total. The minimum Gasteiger partial charge on any atom is -0.448 e. The zero-order chi connectivity index (χ0) is 31.3. The number of aliphatic hydroxyl groups is 2. The molecule has 0 radical (unpaired) electrons. The predicted octanol–water partition coefficient (Wildman–Crippen LogP) is 4.24. The first-order valence-corrected chi connectivity index (χ1v) is 14.1. The van der Waals surface area contributed by atoms with E-state index in [1.54, 1.807) is 24.3 Å². The molecule has 1 amide bonds. The first-order valence-electron chi connectivity index (χ1n) is 14.1. The normalized spacial score (nSPS) is 11.7. The minimum atomic E-state index is -1.50. The number of nitrogens with zero attached hydrogens (tertiary/aromatic N) is 2. The maximum absolute atomic E-state index is 12.5. The van der Waals surface area contributed by atoms with Crippen molar-refractivity contribution in [3.63, 3.8) is 0 Å². The summed E-state index contributed by atoms with van der Waals surface area (Å²) in [5.41, 5.74) is -0.513. The Hall–Kier alpha value is -3.69. The Bertz CT molecular complexity index is 1150. The Morgan fingerprint density at radius 1 is 0.857 bits per heavy atom. The molecule has 2 aromatic carbocycles. The van der Waals surface area contributed by atoms with Gasteiger partial charge in [-0.15, -0.1) is 0 Å². The zero-order valence-corrected chi connectivity index (χ0v) is 25.2. The Kier molecular flexibility index (Phi) is 13.2. The van der Waals surface area contributed by atoms with Crippen LogP contribution in [0.3, 0.4) is 0 Å². The molecular weight excluding hydrogens is 538 g/mol. The quantitative estimate of drug-likeness (QED) is 0.109.